The Kier molecular flexibility index (Phi) is 4.65. The number of benzene rings is 1. The number of aryl methyl sites for hydroxylation is 1. The largest absolute Gasteiger partial charge is 0.379 e. The van der Waals surface area contributed by atoms with Crippen molar-refractivity contribution in [1.82, 2.24) is 9.88 Å². The van der Waals surface area contributed by atoms with Gasteiger partial charge in [-0.15, -0.1) is 0 Å². The van der Waals surface area contributed by atoms with Crippen molar-refractivity contribution in [1.29, 1.82) is 0 Å². The molecule has 1 aromatic heterocycles. The van der Waals surface area contributed by atoms with Crippen LogP contribution < -0.4 is 0 Å². The predicted molar refractivity (Wildman–Crippen MR) is 91.2 cm³/mol. The maximum absolute atomic E-state index is 5.42. The number of morpholine rings is 1. The van der Waals surface area contributed by atoms with Gasteiger partial charge in [-0.2, -0.15) is 0 Å². The van der Waals surface area contributed by atoms with Gasteiger partial charge >= 0.3 is 0 Å². The molecule has 0 bridgehead atoms. The maximum atomic E-state index is 5.42. The summed E-state index contributed by atoms with van der Waals surface area (Å²) in [6.45, 7) is 11.4. The van der Waals surface area contributed by atoms with Crippen LogP contribution in [-0.4, -0.2) is 36.2 Å². The van der Waals surface area contributed by atoms with E-state index >= 15 is 0 Å². The lowest BCUT2D eigenvalue weighted by atomic mass is 10.0. The summed E-state index contributed by atoms with van der Waals surface area (Å²) < 4.78 is 5.42. The Morgan fingerprint density at radius 1 is 1.14 bits per heavy atom. The highest BCUT2D eigenvalue weighted by Gasteiger charge is 2.14. The first-order valence-electron chi connectivity index (χ1n) is 8.22. The van der Waals surface area contributed by atoms with Gasteiger partial charge in [-0.25, -0.2) is 0 Å². The third-order valence-corrected chi connectivity index (χ3v) is 4.51. The minimum absolute atomic E-state index is 0.580. The van der Waals surface area contributed by atoms with E-state index in [-0.39, 0.29) is 0 Å². The number of rotatable bonds is 4. The summed E-state index contributed by atoms with van der Waals surface area (Å²) in [6, 6.07) is 11.2. The minimum Gasteiger partial charge on any atom is -0.379 e. The third kappa shape index (κ3) is 3.42. The van der Waals surface area contributed by atoms with Crippen LogP contribution in [-0.2, 0) is 11.3 Å². The first kappa shape index (κ1) is 15.3. The van der Waals surface area contributed by atoms with Crippen LogP contribution in [0.1, 0.15) is 36.6 Å². The number of aromatic nitrogens is 1. The number of ether oxygens (including phenoxy) is 1. The molecular formula is C19H26N2O. The van der Waals surface area contributed by atoms with Gasteiger partial charge in [0.05, 0.1) is 13.2 Å². The third-order valence-electron chi connectivity index (χ3n) is 4.51. The molecule has 0 radical (unpaired) electrons. The van der Waals surface area contributed by atoms with Crippen LogP contribution in [0.2, 0.25) is 0 Å². The van der Waals surface area contributed by atoms with E-state index in [0.717, 1.165) is 32.8 Å². The van der Waals surface area contributed by atoms with E-state index in [4.69, 9.17) is 4.74 Å². The van der Waals surface area contributed by atoms with Gasteiger partial charge < -0.3 is 9.72 Å². The molecule has 0 unspecified atom stereocenters. The molecule has 0 amide bonds. The topological polar surface area (TPSA) is 28.3 Å². The normalized spacial score (nSPS) is 16.4. The van der Waals surface area contributed by atoms with Crippen LogP contribution in [0.3, 0.4) is 0 Å². The van der Waals surface area contributed by atoms with E-state index in [1.54, 1.807) is 0 Å². The zero-order valence-electron chi connectivity index (χ0n) is 13.9. The summed E-state index contributed by atoms with van der Waals surface area (Å²) in [5, 5.41) is 0. The van der Waals surface area contributed by atoms with Crippen molar-refractivity contribution in [2.45, 2.75) is 33.2 Å². The molecule has 0 atom stereocenters. The smallest absolute Gasteiger partial charge is 0.0594 e. The zero-order valence-corrected chi connectivity index (χ0v) is 13.9. The van der Waals surface area contributed by atoms with Crippen LogP contribution in [0.4, 0.5) is 0 Å². The number of aromatic amines is 1. The second-order valence-corrected chi connectivity index (χ2v) is 6.50. The molecule has 1 N–H and O–H groups in total. The molecular weight excluding hydrogens is 272 g/mol. The van der Waals surface area contributed by atoms with Crippen molar-refractivity contribution in [3.63, 3.8) is 0 Å². The van der Waals surface area contributed by atoms with Crippen LogP contribution >= 0.6 is 0 Å². The van der Waals surface area contributed by atoms with Gasteiger partial charge in [0.25, 0.3) is 0 Å². The van der Waals surface area contributed by atoms with E-state index in [1.165, 1.54) is 28.1 Å². The van der Waals surface area contributed by atoms with Crippen molar-refractivity contribution in [3.8, 4) is 11.3 Å². The van der Waals surface area contributed by atoms with Crippen LogP contribution in [0.25, 0.3) is 11.3 Å². The number of nitrogens with zero attached hydrogens (tertiary/aromatic N) is 1. The molecule has 0 aliphatic carbocycles. The predicted octanol–water partition coefficient (Wildman–Crippen LogP) is 3.95. The van der Waals surface area contributed by atoms with Gasteiger partial charge in [-0.05, 0) is 35.6 Å². The van der Waals surface area contributed by atoms with Crippen LogP contribution in [0, 0.1) is 6.92 Å². The van der Waals surface area contributed by atoms with Crippen molar-refractivity contribution in [2.75, 3.05) is 26.3 Å². The van der Waals surface area contributed by atoms with Gasteiger partial charge in [0.15, 0.2) is 0 Å². The fraction of sp³-hybridized carbons (Fsp3) is 0.474. The second kappa shape index (κ2) is 6.67. The molecule has 2 heterocycles. The Morgan fingerprint density at radius 3 is 2.45 bits per heavy atom. The first-order chi connectivity index (χ1) is 10.6. The fourth-order valence-electron chi connectivity index (χ4n) is 2.97. The number of hydrogen-bond donors (Lipinski definition) is 1. The summed E-state index contributed by atoms with van der Waals surface area (Å²) in [4.78, 5) is 6.00. The maximum Gasteiger partial charge on any atom is 0.0594 e. The van der Waals surface area contributed by atoms with E-state index in [9.17, 15) is 0 Å². The zero-order chi connectivity index (χ0) is 15.5. The number of hydrogen-bond acceptors (Lipinski definition) is 2. The molecule has 22 heavy (non-hydrogen) atoms. The van der Waals surface area contributed by atoms with Crippen molar-refractivity contribution >= 4 is 0 Å². The van der Waals surface area contributed by atoms with Crippen LogP contribution in [0.5, 0.6) is 0 Å². The van der Waals surface area contributed by atoms with Gasteiger partial charge in [0.2, 0.25) is 0 Å². The molecule has 0 spiro atoms. The number of nitrogens with one attached hydrogen (secondary N) is 1. The highest BCUT2D eigenvalue weighted by Crippen LogP contribution is 2.25. The van der Waals surface area contributed by atoms with Crippen LogP contribution in [0.15, 0.2) is 30.3 Å². The Morgan fingerprint density at radius 2 is 1.82 bits per heavy atom. The van der Waals surface area contributed by atoms with E-state index in [1.807, 2.05) is 0 Å². The van der Waals surface area contributed by atoms with Gasteiger partial charge in [-0.3, -0.25) is 4.90 Å². The highest BCUT2D eigenvalue weighted by molar-refractivity contribution is 5.62. The summed E-state index contributed by atoms with van der Waals surface area (Å²) >= 11 is 0. The van der Waals surface area contributed by atoms with E-state index < -0.39 is 0 Å². The molecule has 118 valence electrons. The molecule has 0 saturated carbocycles. The summed E-state index contributed by atoms with van der Waals surface area (Å²) in [7, 11) is 0. The molecule has 1 fully saturated rings. The molecule has 3 rings (SSSR count). The summed E-state index contributed by atoms with van der Waals surface area (Å²) in [5.74, 6) is 0.580. The van der Waals surface area contributed by atoms with Gasteiger partial charge in [0.1, 0.15) is 0 Å². The van der Waals surface area contributed by atoms with Crippen molar-refractivity contribution in [3.05, 3.63) is 47.2 Å². The molecule has 1 saturated heterocycles. The van der Waals surface area contributed by atoms with E-state index in [2.05, 4.69) is 61.0 Å². The molecule has 1 aliphatic rings. The first-order valence-corrected chi connectivity index (χ1v) is 8.22. The fourth-order valence-corrected chi connectivity index (χ4v) is 2.97. The Bertz CT molecular complexity index is 607. The lowest BCUT2D eigenvalue weighted by Crippen LogP contribution is -2.35. The van der Waals surface area contributed by atoms with Crippen molar-refractivity contribution in [2.24, 2.45) is 0 Å². The molecule has 1 aromatic carbocycles. The van der Waals surface area contributed by atoms with Gasteiger partial charge in [-0.1, -0.05) is 38.1 Å². The molecule has 2 aromatic rings. The molecule has 1 aliphatic heterocycles. The summed E-state index contributed by atoms with van der Waals surface area (Å²) in [6.07, 6.45) is 0. The average molecular weight is 298 g/mol. The number of H-pyrrole nitrogens is 1. The van der Waals surface area contributed by atoms with Gasteiger partial charge in [0, 0.05) is 31.0 Å². The monoisotopic (exact) mass is 298 g/mol. The Hall–Kier alpha value is -1.58. The standard InChI is InChI=1S/C19H26N2O/c1-14(2)16-4-6-17(7-5-16)19-12-18(15(3)20-19)13-21-8-10-22-11-9-21/h4-7,12,14,20H,8-11,13H2,1-3H3. The Labute approximate surface area is 133 Å². The highest BCUT2D eigenvalue weighted by atomic mass is 16.5. The lowest BCUT2D eigenvalue weighted by Gasteiger charge is -2.26. The summed E-state index contributed by atoms with van der Waals surface area (Å²) in [5.41, 5.74) is 6.54. The van der Waals surface area contributed by atoms with E-state index in [0.29, 0.717) is 5.92 Å². The lowest BCUT2D eigenvalue weighted by molar-refractivity contribution is 0.0341. The average Bonchev–Trinajstić information content (AvgIpc) is 2.89. The van der Waals surface area contributed by atoms with Crippen molar-refractivity contribution < 1.29 is 4.74 Å². The molecule has 3 nitrogen and oxygen atoms in total. The minimum atomic E-state index is 0.580. The second-order valence-electron chi connectivity index (χ2n) is 6.50. The molecule has 3 heteroatoms. The quantitative estimate of drug-likeness (QED) is 0.926. The Balaban J connectivity index is 1.76. The SMILES string of the molecule is Cc1[nH]c(-c2ccc(C(C)C)cc2)cc1CN1CCOCC1.